The molecule has 82 valence electrons. The molecule has 0 atom stereocenters. The molecule has 0 amide bonds. The summed E-state index contributed by atoms with van der Waals surface area (Å²) in [5, 5.41) is 9.26. The fourth-order valence-corrected chi connectivity index (χ4v) is 3.45. The number of carboxylic acids is 1. The number of hydrogen-bond acceptors (Lipinski definition) is 2. The van der Waals surface area contributed by atoms with Gasteiger partial charge in [0.25, 0.3) is 0 Å². The van der Waals surface area contributed by atoms with E-state index in [9.17, 15) is 9.90 Å². The fourth-order valence-electron chi connectivity index (χ4n) is 2.25. The van der Waals surface area contributed by atoms with Crippen LogP contribution in [0.4, 0.5) is 0 Å². The maximum absolute atomic E-state index is 11.2. The minimum atomic E-state index is -0.598. The van der Waals surface area contributed by atoms with Gasteiger partial charge in [-0.15, -0.1) is 11.8 Å². The molecule has 0 aromatic rings. The van der Waals surface area contributed by atoms with Crippen LogP contribution in [0.15, 0.2) is 0 Å². The van der Waals surface area contributed by atoms with Gasteiger partial charge in [0.15, 0.2) is 0 Å². The van der Waals surface area contributed by atoms with Gasteiger partial charge >= 0.3 is 5.97 Å². The second-order valence-corrected chi connectivity index (χ2v) is 5.73. The van der Waals surface area contributed by atoms with Crippen molar-refractivity contribution in [2.75, 3.05) is 5.75 Å². The molecule has 0 aromatic heterocycles. The van der Waals surface area contributed by atoms with Crippen LogP contribution in [0.5, 0.6) is 0 Å². The Balaban J connectivity index is 2.59. The summed E-state index contributed by atoms with van der Waals surface area (Å²) >= 11 is 1.62. The van der Waals surface area contributed by atoms with Crippen LogP contribution >= 0.6 is 11.8 Å². The van der Waals surface area contributed by atoms with E-state index in [1.165, 1.54) is 6.42 Å². The van der Waals surface area contributed by atoms with Gasteiger partial charge in [0.05, 0.1) is 0 Å². The lowest BCUT2D eigenvalue weighted by Crippen LogP contribution is -2.39. The van der Waals surface area contributed by atoms with E-state index in [4.69, 9.17) is 0 Å². The van der Waals surface area contributed by atoms with E-state index in [0.29, 0.717) is 0 Å². The summed E-state index contributed by atoms with van der Waals surface area (Å²) in [6.07, 6.45) is 5.11. The van der Waals surface area contributed by atoms with Crippen molar-refractivity contribution in [3.8, 4) is 0 Å². The molecule has 3 heteroatoms. The molecule has 0 saturated heterocycles. The lowest BCUT2D eigenvalue weighted by atomic mass is 9.80. The number of hydrogen-bond donors (Lipinski definition) is 1. The van der Waals surface area contributed by atoms with Gasteiger partial charge < -0.3 is 5.11 Å². The summed E-state index contributed by atoms with van der Waals surface area (Å²) < 4.78 is -0.458. The molecule has 1 N–H and O–H groups in total. The molecule has 0 aromatic carbocycles. The minimum absolute atomic E-state index is 0.458. The van der Waals surface area contributed by atoms with Crippen molar-refractivity contribution in [2.45, 2.75) is 50.7 Å². The molecule has 0 aliphatic heterocycles. The summed E-state index contributed by atoms with van der Waals surface area (Å²) in [7, 11) is 0. The highest BCUT2D eigenvalue weighted by Crippen LogP contribution is 2.42. The van der Waals surface area contributed by atoms with Crippen molar-refractivity contribution >= 4 is 17.7 Å². The van der Waals surface area contributed by atoms with Crippen molar-refractivity contribution in [3.05, 3.63) is 0 Å². The van der Waals surface area contributed by atoms with E-state index < -0.39 is 10.7 Å². The summed E-state index contributed by atoms with van der Waals surface area (Å²) in [6.45, 7) is 4.24. The van der Waals surface area contributed by atoms with Gasteiger partial charge in [-0.2, -0.15) is 0 Å². The van der Waals surface area contributed by atoms with Crippen LogP contribution in [0.2, 0.25) is 0 Å². The average Bonchev–Trinajstić information content (AvgIpc) is 2.19. The molecule has 2 nitrogen and oxygen atoms in total. The Labute approximate surface area is 90.5 Å². The summed E-state index contributed by atoms with van der Waals surface area (Å²) in [4.78, 5) is 11.2. The lowest BCUT2D eigenvalue weighted by Gasteiger charge is -2.35. The first-order valence-corrected chi connectivity index (χ1v) is 6.50. The fraction of sp³-hybridized carbons (Fsp3) is 0.909. The predicted octanol–water partition coefficient (Wildman–Crippen LogP) is 3.16. The van der Waals surface area contributed by atoms with E-state index in [1.54, 1.807) is 11.8 Å². The monoisotopic (exact) mass is 216 g/mol. The molecular formula is C11H20O2S. The van der Waals surface area contributed by atoms with E-state index in [0.717, 1.165) is 37.4 Å². The van der Waals surface area contributed by atoms with Crippen molar-refractivity contribution in [3.63, 3.8) is 0 Å². The van der Waals surface area contributed by atoms with Gasteiger partial charge in [-0.1, -0.05) is 20.3 Å². The zero-order valence-corrected chi connectivity index (χ0v) is 9.90. The Bertz CT molecular complexity index is 195. The van der Waals surface area contributed by atoms with Gasteiger partial charge in [-0.25, -0.2) is 0 Å². The second-order valence-electron chi connectivity index (χ2n) is 4.08. The van der Waals surface area contributed by atoms with E-state index >= 15 is 0 Å². The van der Waals surface area contributed by atoms with Gasteiger partial charge in [0.2, 0.25) is 0 Å². The molecule has 0 spiro atoms. The van der Waals surface area contributed by atoms with Crippen LogP contribution in [0.1, 0.15) is 46.0 Å². The zero-order valence-electron chi connectivity index (χ0n) is 9.08. The average molecular weight is 216 g/mol. The van der Waals surface area contributed by atoms with Crippen LogP contribution in [0.3, 0.4) is 0 Å². The highest BCUT2D eigenvalue weighted by atomic mass is 32.2. The van der Waals surface area contributed by atoms with E-state index in [2.05, 4.69) is 6.92 Å². The van der Waals surface area contributed by atoms with Gasteiger partial charge in [-0.05, 0) is 37.4 Å². The van der Waals surface area contributed by atoms with Crippen molar-refractivity contribution in [1.82, 2.24) is 0 Å². The number of thioether (sulfide) groups is 1. The molecule has 14 heavy (non-hydrogen) atoms. The minimum Gasteiger partial charge on any atom is -0.480 e. The molecule has 1 rings (SSSR count). The molecular weight excluding hydrogens is 196 g/mol. The first-order chi connectivity index (χ1) is 6.64. The number of rotatable bonds is 4. The third-order valence-electron chi connectivity index (χ3n) is 3.30. The molecule has 0 bridgehead atoms. The second kappa shape index (κ2) is 5.06. The van der Waals surface area contributed by atoms with E-state index in [-0.39, 0.29) is 0 Å². The Hall–Kier alpha value is -0.180. The van der Waals surface area contributed by atoms with Gasteiger partial charge in [0.1, 0.15) is 4.75 Å². The van der Waals surface area contributed by atoms with E-state index in [1.807, 2.05) is 6.92 Å². The molecule has 1 fully saturated rings. The summed E-state index contributed by atoms with van der Waals surface area (Å²) in [6, 6.07) is 0. The summed E-state index contributed by atoms with van der Waals surface area (Å²) in [5.41, 5.74) is 0. The van der Waals surface area contributed by atoms with Crippen LogP contribution in [-0.4, -0.2) is 21.6 Å². The topological polar surface area (TPSA) is 37.3 Å². The molecule has 0 heterocycles. The number of carboxylic acid groups (broad SMARTS) is 1. The smallest absolute Gasteiger partial charge is 0.319 e. The number of carbonyl (C=O) groups is 1. The van der Waals surface area contributed by atoms with Crippen LogP contribution in [-0.2, 0) is 4.79 Å². The quantitative estimate of drug-likeness (QED) is 0.784. The standard InChI is InChI=1S/C11H20O2S/c1-3-9-5-7-11(8-6-9,10(12)13)14-4-2/h9H,3-8H2,1-2H3,(H,12,13). The molecule has 0 unspecified atom stereocenters. The maximum Gasteiger partial charge on any atom is 0.319 e. The molecule has 1 aliphatic carbocycles. The van der Waals surface area contributed by atoms with Crippen LogP contribution in [0.25, 0.3) is 0 Å². The maximum atomic E-state index is 11.2. The highest BCUT2D eigenvalue weighted by Gasteiger charge is 2.41. The third-order valence-corrected chi connectivity index (χ3v) is 4.72. The third kappa shape index (κ3) is 2.44. The summed E-state index contributed by atoms with van der Waals surface area (Å²) in [5.74, 6) is 1.07. The van der Waals surface area contributed by atoms with Gasteiger partial charge in [-0.3, -0.25) is 4.79 Å². The molecule has 1 saturated carbocycles. The van der Waals surface area contributed by atoms with Crippen LogP contribution < -0.4 is 0 Å². The van der Waals surface area contributed by atoms with Crippen LogP contribution in [0, 0.1) is 5.92 Å². The molecule has 1 aliphatic rings. The Kier molecular flexibility index (Phi) is 4.30. The Morgan fingerprint density at radius 2 is 2.00 bits per heavy atom. The van der Waals surface area contributed by atoms with Crippen molar-refractivity contribution < 1.29 is 9.90 Å². The Morgan fingerprint density at radius 1 is 1.43 bits per heavy atom. The SMILES string of the molecule is CCSC1(C(=O)O)CCC(CC)CC1. The molecule has 0 radical (unpaired) electrons. The zero-order chi connectivity index (χ0) is 10.6. The first kappa shape index (κ1) is 11.9. The normalized spacial score (nSPS) is 32.9. The van der Waals surface area contributed by atoms with Gasteiger partial charge in [0, 0.05) is 0 Å². The first-order valence-electron chi connectivity index (χ1n) is 5.52. The van der Waals surface area contributed by atoms with Crippen molar-refractivity contribution in [1.29, 1.82) is 0 Å². The predicted molar refractivity (Wildman–Crippen MR) is 60.7 cm³/mol. The highest BCUT2D eigenvalue weighted by molar-refractivity contribution is 8.01. The lowest BCUT2D eigenvalue weighted by molar-refractivity contribution is -0.141. The Morgan fingerprint density at radius 3 is 2.36 bits per heavy atom. The van der Waals surface area contributed by atoms with Crippen molar-refractivity contribution in [2.24, 2.45) is 5.92 Å². The largest absolute Gasteiger partial charge is 0.480 e. The number of aliphatic carboxylic acids is 1.